The molecule has 0 aliphatic rings. The van der Waals surface area contributed by atoms with Crippen molar-refractivity contribution in [1.29, 1.82) is 5.26 Å². The molecule has 0 bridgehead atoms. The normalized spacial score (nSPS) is 12.4. The SMILES string of the molecule is CCC(N)(CC)CNS(=O)(=O)CC#N. The summed E-state index contributed by atoms with van der Waals surface area (Å²) < 4.78 is 24.6. The molecule has 0 radical (unpaired) electrons. The lowest BCUT2D eigenvalue weighted by Crippen LogP contribution is -2.49. The maximum absolute atomic E-state index is 11.1. The fourth-order valence-corrected chi connectivity index (χ4v) is 1.67. The third-order valence-electron chi connectivity index (χ3n) is 2.31. The van der Waals surface area contributed by atoms with Gasteiger partial charge in [-0.25, -0.2) is 13.1 Å². The predicted octanol–water partition coefficient (Wildman–Crippen LogP) is -0.0531. The molecule has 3 N–H and O–H groups in total. The van der Waals surface area contributed by atoms with E-state index in [1.807, 2.05) is 13.8 Å². The summed E-state index contributed by atoms with van der Waals surface area (Å²) in [5.74, 6) is -0.517. The van der Waals surface area contributed by atoms with E-state index in [0.717, 1.165) is 0 Å². The van der Waals surface area contributed by atoms with Crippen molar-refractivity contribution < 1.29 is 8.42 Å². The Kier molecular flexibility index (Phi) is 5.05. The largest absolute Gasteiger partial charge is 0.324 e. The minimum atomic E-state index is -3.48. The highest BCUT2D eigenvalue weighted by molar-refractivity contribution is 7.89. The predicted molar refractivity (Wildman–Crippen MR) is 54.9 cm³/mol. The van der Waals surface area contributed by atoms with E-state index >= 15 is 0 Å². The van der Waals surface area contributed by atoms with Gasteiger partial charge in [0.1, 0.15) is 0 Å². The highest BCUT2D eigenvalue weighted by atomic mass is 32.2. The molecule has 0 saturated carbocycles. The lowest BCUT2D eigenvalue weighted by Gasteiger charge is -2.26. The van der Waals surface area contributed by atoms with Gasteiger partial charge in [0.25, 0.3) is 0 Å². The molecule has 0 amide bonds. The number of hydrogen-bond acceptors (Lipinski definition) is 4. The van der Waals surface area contributed by atoms with Gasteiger partial charge in [-0.2, -0.15) is 5.26 Å². The molecule has 0 aliphatic heterocycles. The first-order chi connectivity index (χ1) is 6.39. The van der Waals surface area contributed by atoms with E-state index in [0.29, 0.717) is 12.8 Å². The molecule has 0 aromatic heterocycles. The van der Waals surface area contributed by atoms with Crippen molar-refractivity contribution in [3.05, 3.63) is 0 Å². The van der Waals surface area contributed by atoms with Crippen LogP contribution in [0.5, 0.6) is 0 Å². The summed E-state index contributed by atoms with van der Waals surface area (Å²) in [6, 6.07) is 1.59. The van der Waals surface area contributed by atoms with E-state index in [1.165, 1.54) is 0 Å². The van der Waals surface area contributed by atoms with Crippen LogP contribution in [-0.2, 0) is 10.0 Å². The summed E-state index contributed by atoms with van der Waals surface area (Å²) in [7, 11) is -3.48. The Balaban J connectivity index is 4.25. The quantitative estimate of drug-likeness (QED) is 0.654. The number of nitrogens with one attached hydrogen (secondary N) is 1. The maximum atomic E-state index is 11.1. The first-order valence-corrected chi connectivity index (χ1v) is 6.17. The third kappa shape index (κ3) is 4.56. The minimum absolute atomic E-state index is 0.185. The highest BCUT2D eigenvalue weighted by Gasteiger charge is 2.22. The van der Waals surface area contributed by atoms with Crippen molar-refractivity contribution in [2.75, 3.05) is 12.3 Å². The van der Waals surface area contributed by atoms with Gasteiger partial charge in [0.05, 0.1) is 6.07 Å². The van der Waals surface area contributed by atoms with E-state index in [9.17, 15) is 8.42 Å². The number of hydrogen-bond donors (Lipinski definition) is 2. The van der Waals surface area contributed by atoms with Crippen LogP contribution in [0, 0.1) is 11.3 Å². The first-order valence-electron chi connectivity index (χ1n) is 4.52. The average Bonchev–Trinajstić information content (AvgIpc) is 2.14. The molecule has 0 rings (SSSR count). The smallest absolute Gasteiger partial charge is 0.225 e. The van der Waals surface area contributed by atoms with Crippen molar-refractivity contribution in [1.82, 2.24) is 4.72 Å². The fourth-order valence-electron chi connectivity index (χ4n) is 0.890. The Bertz CT molecular complexity index is 301. The number of sulfonamides is 1. The molecule has 0 aromatic rings. The Morgan fingerprint density at radius 2 is 1.93 bits per heavy atom. The number of nitriles is 1. The van der Waals surface area contributed by atoms with Gasteiger partial charge in [0.2, 0.25) is 10.0 Å². The average molecular weight is 219 g/mol. The second-order valence-electron chi connectivity index (χ2n) is 3.31. The second kappa shape index (κ2) is 5.29. The van der Waals surface area contributed by atoms with Crippen molar-refractivity contribution >= 4 is 10.0 Å². The highest BCUT2D eigenvalue weighted by Crippen LogP contribution is 2.09. The second-order valence-corrected chi connectivity index (χ2v) is 5.11. The zero-order valence-electron chi connectivity index (χ0n) is 8.58. The molecule has 14 heavy (non-hydrogen) atoms. The molecule has 0 atom stereocenters. The molecule has 0 aromatic carbocycles. The Morgan fingerprint density at radius 1 is 1.43 bits per heavy atom. The summed E-state index contributed by atoms with van der Waals surface area (Å²) in [5, 5.41) is 8.25. The van der Waals surface area contributed by atoms with Crippen LogP contribution in [0.1, 0.15) is 26.7 Å². The summed E-state index contributed by atoms with van der Waals surface area (Å²) in [4.78, 5) is 0. The van der Waals surface area contributed by atoms with Crippen LogP contribution in [0.3, 0.4) is 0 Å². The molecule has 0 fully saturated rings. The van der Waals surface area contributed by atoms with Crippen molar-refractivity contribution in [2.24, 2.45) is 5.73 Å². The van der Waals surface area contributed by atoms with Gasteiger partial charge in [0, 0.05) is 12.1 Å². The molecular weight excluding hydrogens is 202 g/mol. The number of rotatable bonds is 6. The molecule has 0 unspecified atom stereocenters. The molecule has 6 heteroatoms. The number of nitrogens with zero attached hydrogens (tertiary/aromatic N) is 1. The minimum Gasteiger partial charge on any atom is -0.324 e. The summed E-state index contributed by atoms with van der Waals surface area (Å²) in [6.07, 6.45) is 1.39. The van der Waals surface area contributed by atoms with Crippen molar-refractivity contribution in [3.63, 3.8) is 0 Å². The molecule has 82 valence electrons. The fraction of sp³-hybridized carbons (Fsp3) is 0.875. The lowest BCUT2D eigenvalue weighted by atomic mass is 9.95. The van der Waals surface area contributed by atoms with Crippen LogP contribution in [0.2, 0.25) is 0 Å². The van der Waals surface area contributed by atoms with Crippen LogP contribution in [-0.4, -0.2) is 26.3 Å². The summed E-state index contributed by atoms with van der Waals surface area (Å²) in [6.45, 7) is 3.99. The van der Waals surface area contributed by atoms with Crippen LogP contribution in [0.4, 0.5) is 0 Å². The molecule has 5 nitrogen and oxygen atoms in total. The van der Waals surface area contributed by atoms with E-state index in [4.69, 9.17) is 11.0 Å². The molecule has 0 heterocycles. The van der Waals surface area contributed by atoms with Crippen LogP contribution in [0.25, 0.3) is 0 Å². The van der Waals surface area contributed by atoms with Gasteiger partial charge in [-0.1, -0.05) is 13.8 Å². The van der Waals surface area contributed by atoms with E-state index < -0.39 is 21.3 Å². The zero-order chi connectivity index (χ0) is 11.2. The van der Waals surface area contributed by atoms with Crippen molar-refractivity contribution in [2.45, 2.75) is 32.2 Å². The number of nitrogens with two attached hydrogens (primary N) is 1. The Morgan fingerprint density at radius 3 is 2.29 bits per heavy atom. The Labute approximate surface area is 85.3 Å². The third-order valence-corrected chi connectivity index (χ3v) is 3.40. The molecule has 0 aliphatic carbocycles. The van der Waals surface area contributed by atoms with E-state index in [2.05, 4.69) is 4.72 Å². The lowest BCUT2D eigenvalue weighted by molar-refractivity contribution is 0.392. The Hall–Kier alpha value is -0.640. The van der Waals surface area contributed by atoms with Crippen LogP contribution in [0.15, 0.2) is 0 Å². The monoisotopic (exact) mass is 219 g/mol. The maximum Gasteiger partial charge on any atom is 0.225 e. The summed E-state index contributed by atoms with van der Waals surface area (Å²) in [5.41, 5.74) is 5.38. The molecule has 0 spiro atoms. The van der Waals surface area contributed by atoms with E-state index in [-0.39, 0.29) is 6.54 Å². The molecule has 0 saturated heterocycles. The van der Waals surface area contributed by atoms with Crippen molar-refractivity contribution in [3.8, 4) is 6.07 Å². The zero-order valence-corrected chi connectivity index (χ0v) is 9.39. The van der Waals surface area contributed by atoms with E-state index in [1.54, 1.807) is 6.07 Å². The topological polar surface area (TPSA) is 96.0 Å². The van der Waals surface area contributed by atoms with Crippen LogP contribution >= 0.6 is 0 Å². The van der Waals surface area contributed by atoms with Gasteiger partial charge in [-0.05, 0) is 12.8 Å². The van der Waals surface area contributed by atoms with Gasteiger partial charge in [-0.3, -0.25) is 0 Å². The molecular formula is C8H17N3O2S. The first kappa shape index (κ1) is 13.4. The standard InChI is InChI=1S/C8H17N3O2S/c1-3-8(10,4-2)7-11-14(12,13)6-5-9/h11H,3-4,6-7,10H2,1-2H3. The van der Waals surface area contributed by atoms with Gasteiger partial charge < -0.3 is 5.73 Å². The van der Waals surface area contributed by atoms with Gasteiger partial charge in [-0.15, -0.1) is 0 Å². The van der Waals surface area contributed by atoms with Crippen LogP contribution < -0.4 is 10.5 Å². The van der Waals surface area contributed by atoms with Gasteiger partial charge in [0.15, 0.2) is 5.75 Å². The summed E-state index contributed by atoms with van der Waals surface area (Å²) >= 11 is 0. The van der Waals surface area contributed by atoms with Gasteiger partial charge >= 0.3 is 0 Å².